The second kappa shape index (κ2) is 7.59. The molecule has 1 N–H and O–H groups in total. The second-order valence-corrected chi connectivity index (χ2v) is 7.72. The largest absolute Gasteiger partial charge is 0.416 e. The molecule has 0 spiro atoms. The summed E-state index contributed by atoms with van der Waals surface area (Å²) in [4.78, 5) is 13.5. The van der Waals surface area contributed by atoms with Crippen molar-refractivity contribution in [2.75, 3.05) is 11.4 Å². The maximum absolute atomic E-state index is 13.5. The van der Waals surface area contributed by atoms with Gasteiger partial charge in [0.1, 0.15) is 10.7 Å². The van der Waals surface area contributed by atoms with Crippen LogP contribution >= 0.6 is 23.2 Å². The molecule has 0 fully saturated rings. The average Bonchev–Trinajstić information content (AvgIpc) is 3.12. The lowest BCUT2D eigenvalue weighted by atomic mass is 10.00. The smallest absolute Gasteiger partial charge is 0.362 e. The van der Waals surface area contributed by atoms with Gasteiger partial charge in [0.25, 0.3) is 5.56 Å². The van der Waals surface area contributed by atoms with Gasteiger partial charge in [-0.15, -0.1) is 5.10 Å². The van der Waals surface area contributed by atoms with Crippen molar-refractivity contribution >= 4 is 28.9 Å². The van der Waals surface area contributed by atoms with Crippen molar-refractivity contribution in [1.29, 1.82) is 0 Å². The fourth-order valence-corrected chi connectivity index (χ4v) is 3.99. The van der Waals surface area contributed by atoms with Crippen LogP contribution in [-0.2, 0) is 19.1 Å². The van der Waals surface area contributed by atoms with Crippen molar-refractivity contribution < 1.29 is 13.2 Å². The molecule has 0 aliphatic carbocycles. The van der Waals surface area contributed by atoms with Gasteiger partial charge in [0.2, 0.25) is 0 Å². The highest BCUT2D eigenvalue weighted by Gasteiger charge is 2.36. The summed E-state index contributed by atoms with van der Waals surface area (Å²) in [6.45, 7) is 2.42. The van der Waals surface area contributed by atoms with Crippen LogP contribution in [-0.4, -0.2) is 31.7 Å². The molecule has 0 saturated carbocycles. The first-order valence-corrected chi connectivity index (χ1v) is 9.70. The zero-order valence-electron chi connectivity index (χ0n) is 15.5. The minimum atomic E-state index is -4.55. The second-order valence-electron chi connectivity index (χ2n) is 6.90. The number of aromatic nitrogens is 5. The highest BCUT2D eigenvalue weighted by atomic mass is 35.5. The summed E-state index contributed by atoms with van der Waals surface area (Å²) in [7, 11) is 0. The predicted molar refractivity (Wildman–Crippen MR) is 105 cm³/mol. The number of fused-ring (bicyclic) bond motifs is 1. The Morgan fingerprint density at radius 3 is 2.77 bits per heavy atom. The number of H-pyrrole nitrogens is 1. The van der Waals surface area contributed by atoms with Gasteiger partial charge in [-0.3, -0.25) is 4.79 Å². The molecule has 4 rings (SSSR count). The monoisotopic (exact) mass is 458 g/mol. The molecule has 0 saturated heterocycles. The maximum atomic E-state index is 13.5. The van der Waals surface area contributed by atoms with Crippen LogP contribution in [0.1, 0.15) is 35.5 Å². The van der Waals surface area contributed by atoms with Gasteiger partial charge in [-0.25, -0.2) is 9.78 Å². The van der Waals surface area contributed by atoms with Crippen LogP contribution in [0.25, 0.3) is 0 Å². The summed E-state index contributed by atoms with van der Waals surface area (Å²) in [6.07, 6.45) is -2.63. The molecule has 0 bridgehead atoms. The predicted octanol–water partition coefficient (Wildman–Crippen LogP) is 3.86. The van der Waals surface area contributed by atoms with E-state index in [9.17, 15) is 18.0 Å². The summed E-state index contributed by atoms with van der Waals surface area (Å²) in [5.74, 6) is 0. The van der Waals surface area contributed by atoms with Gasteiger partial charge >= 0.3 is 6.18 Å². The van der Waals surface area contributed by atoms with Crippen molar-refractivity contribution in [3.8, 4) is 0 Å². The number of nitrogens with one attached hydrogen (secondary N) is 1. The van der Waals surface area contributed by atoms with Gasteiger partial charge in [-0.1, -0.05) is 34.5 Å². The molecule has 3 heterocycles. The Hall–Kier alpha value is -2.59. The molecule has 12 heteroatoms. The van der Waals surface area contributed by atoms with E-state index in [0.29, 0.717) is 30.9 Å². The number of anilines is 1. The number of hydrogen-bond donors (Lipinski definition) is 1. The van der Waals surface area contributed by atoms with Crippen LogP contribution in [0.2, 0.25) is 10.0 Å². The van der Waals surface area contributed by atoms with Crippen molar-refractivity contribution in [1.82, 2.24) is 25.2 Å². The third-order valence-corrected chi connectivity index (χ3v) is 5.69. The molecule has 1 aliphatic heterocycles. The van der Waals surface area contributed by atoms with E-state index in [2.05, 4.69) is 20.5 Å². The van der Waals surface area contributed by atoms with E-state index in [0.717, 1.165) is 11.8 Å². The standard InChI is InChI=1S/C18H15Cl2F3N6O/c1-9(11-3-2-10(19)6-12(11)18(21,22)23)29-14-4-5-28(8-13(14)25-27-29)15-7-24-26-17(30)16(15)20/h2-3,6-7,9H,4-5,8H2,1H3,(H,26,30). The highest BCUT2D eigenvalue weighted by molar-refractivity contribution is 6.33. The molecule has 1 aliphatic rings. The number of benzene rings is 1. The third kappa shape index (κ3) is 3.65. The van der Waals surface area contributed by atoms with E-state index < -0.39 is 23.3 Å². The molecule has 0 radical (unpaired) electrons. The minimum absolute atomic E-state index is 0.0119. The van der Waals surface area contributed by atoms with E-state index in [1.54, 1.807) is 6.92 Å². The normalized spacial score (nSPS) is 15.2. The zero-order valence-corrected chi connectivity index (χ0v) is 17.1. The molecule has 1 aromatic carbocycles. The average molecular weight is 459 g/mol. The Kier molecular flexibility index (Phi) is 5.23. The Labute approximate surface area is 178 Å². The molecule has 1 unspecified atom stereocenters. The van der Waals surface area contributed by atoms with Crippen molar-refractivity contribution in [3.05, 3.63) is 67.3 Å². The fraction of sp³-hybridized carbons (Fsp3) is 0.333. The Morgan fingerprint density at radius 2 is 2.03 bits per heavy atom. The van der Waals surface area contributed by atoms with E-state index in [-0.39, 0.29) is 15.6 Å². The molecule has 158 valence electrons. The number of hydrogen-bond acceptors (Lipinski definition) is 5. The first-order chi connectivity index (χ1) is 14.2. The number of halogens is 5. The molecule has 7 nitrogen and oxygen atoms in total. The molecule has 1 atom stereocenters. The number of aromatic amines is 1. The van der Waals surface area contributed by atoms with Crippen molar-refractivity contribution in [2.45, 2.75) is 32.1 Å². The number of alkyl halides is 3. The number of rotatable bonds is 3. The van der Waals surface area contributed by atoms with Crippen LogP contribution < -0.4 is 10.5 Å². The Bertz CT molecular complexity index is 1160. The molecular weight excluding hydrogens is 444 g/mol. The Morgan fingerprint density at radius 1 is 1.27 bits per heavy atom. The first kappa shape index (κ1) is 20.7. The summed E-state index contributed by atoms with van der Waals surface area (Å²) >= 11 is 11.9. The lowest BCUT2D eigenvalue weighted by molar-refractivity contribution is -0.138. The van der Waals surface area contributed by atoms with E-state index in [1.165, 1.54) is 23.0 Å². The van der Waals surface area contributed by atoms with Crippen molar-refractivity contribution in [3.63, 3.8) is 0 Å². The van der Waals surface area contributed by atoms with E-state index in [1.807, 2.05) is 4.90 Å². The fourth-order valence-electron chi connectivity index (χ4n) is 3.61. The Balaban J connectivity index is 1.67. The third-order valence-electron chi connectivity index (χ3n) is 5.09. The number of nitrogens with zero attached hydrogens (tertiary/aromatic N) is 5. The van der Waals surface area contributed by atoms with Crippen LogP contribution in [0.4, 0.5) is 18.9 Å². The van der Waals surface area contributed by atoms with Gasteiger partial charge in [-0.05, 0) is 24.6 Å². The maximum Gasteiger partial charge on any atom is 0.416 e. The first-order valence-electron chi connectivity index (χ1n) is 8.94. The zero-order chi connectivity index (χ0) is 21.6. The summed E-state index contributed by atoms with van der Waals surface area (Å²) in [5.41, 5.74) is 0.558. The summed E-state index contributed by atoms with van der Waals surface area (Å²) in [5, 5.41) is 14.3. The molecule has 0 amide bonds. The SMILES string of the molecule is CC(c1ccc(Cl)cc1C(F)(F)F)n1nnc2c1CCN(c1cn[nH]c(=O)c1Cl)C2. The highest BCUT2D eigenvalue weighted by Crippen LogP contribution is 2.38. The lowest BCUT2D eigenvalue weighted by Crippen LogP contribution is -2.33. The summed E-state index contributed by atoms with van der Waals surface area (Å²) in [6, 6.07) is 3.00. The van der Waals surface area contributed by atoms with Gasteiger partial charge < -0.3 is 4.90 Å². The van der Waals surface area contributed by atoms with Crippen molar-refractivity contribution in [2.24, 2.45) is 0 Å². The quantitative estimate of drug-likeness (QED) is 0.644. The van der Waals surface area contributed by atoms with Gasteiger partial charge in [-0.2, -0.15) is 18.3 Å². The molecule has 30 heavy (non-hydrogen) atoms. The van der Waals surface area contributed by atoms with Gasteiger partial charge in [0.15, 0.2) is 0 Å². The molecular formula is C18H15Cl2F3N6O. The molecule has 3 aromatic rings. The van der Waals surface area contributed by atoms with Gasteiger partial charge in [0, 0.05) is 18.0 Å². The van der Waals surface area contributed by atoms with Crippen LogP contribution in [0.5, 0.6) is 0 Å². The van der Waals surface area contributed by atoms with E-state index >= 15 is 0 Å². The molecule has 2 aromatic heterocycles. The van der Waals surface area contributed by atoms with Crippen LogP contribution in [0, 0.1) is 0 Å². The topological polar surface area (TPSA) is 79.7 Å². The van der Waals surface area contributed by atoms with Crippen LogP contribution in [0.3, 0.4) is 0 Å². The van der Waals surface area contributed by atoms with Crippen LogP contribution in [0.15, 0.2) is 29.2 Å². The minimum Gasteiger partial charge on any atom is -0.362 e. The summed E-state index contributed by atoms with van der Waals surface area (Å²) < 4.78 is 42.1. The van der Waals surface area contributed by atoms with Gasteiger partial charge in [0.05, 0.1) is 35.7 Å². The lowest BCUT2D eigenvalue weighted by Gasteiger charge is -2.29. The van der Waals surface area contributed by atoms with E-state index in [4.69, 9.17) is 23.2 Å².